The fourth-order valence-corrected chi connectivity index (χ4v) is 4.09. The van der Waals surface area contributed by atoms with Crippen molar-refractivity contribution >= 4 is 35.0 Å². The van der Waals surface area contributed by atoms with Crippen LogP contribution < -0.4 is 4.90 Å². The van der Waals surface area contributed by atoms with Crippen LogP contribution in [0.25, 0.3) is 0 Å². The van der Waals surface area contributed by atoms with E-state index in [0.717, 1.165) is 27.6 Å². The van der Waals surface area contributed by atoms with Gasteiger partial charge in [-0.25, -0.2) is 4.79 Å². The molecule has 1 fully saturated rings. The first kappa shape index (κ1) is 16.2. The maximum atomic E-state index is 12.8. The van der Waals surface area contributed by atoms with E-state index in [0.29, 0.717) is 13.0 Å². The van der Waals surface area contributed by atoms with Crippen molar-refractivity contribution < 1.29 is 19.1 Å². The van der Waals surface area contributed by atoms with Crippen molar-refractivity contribution in [2.45, 2.75) is 28.7 Å². The summed E-state index contributed by atoms with van der Waals surface area (Å²) >= 11 is 1.63. The number of fused-ring (bicyclic) bond motifs is 2. The highest BCUT2D eigenvalue weighted by atomic mass is 32.2. The first-order valence-corrected chi connectivity index (χ1v) is 9.03. The second-order valence-electron chi connectivity index (χ2n) is 5.88. The first-order valence-electron chi connectivity index (χ1n) is 8.21. The summed E-state index contributed by atoms with van der Waals surface area (Å²) < 4.78 is 10.5. The molecule has 5 nitrogen and oxygen atoms in total. The van der Waals surface area contributed by atoms with Crippen molar-refractivity contribution in [1.82, 2.24) is 0 Å². The van der Waals surface area contributed by atoms with Gasteiger partial charge in [0.05, 0.1) is 11.4 Å². The summed E-state index contributed by atoms with van der Waals surface area (Å²) in [6.07, 6.45) is 0.959. The highest BCUT2D eigenvalue weighted by molar-refractivity contribution is 7.99. The average molecular weight is 355 g/mol. The van der Waals surface area contributed by atoms with Crippen LogP contribution in [-0.4, -0.2) is 31.2 Å². The Morgan fingerprint density at radius 3 is 2.32 bits per heavy atom. The maximum absolute atomic E-state index is 12.8. The van der Waals surface area contributed by atoms with Crippen molar-refractivity contribution in [3.8, 4) is 0 Å². The van der Waals surface area contributed by atoms with E-state index in [1.54, 1.807) is 16.7 Å². The number of anilines is 2. The van der Waals surface area contributed by atoms with Crippen LogP contribution in [0.2, 0.25) is 0 Å². The Hall–Kier alpha value is -2.31. The highest BCUT2D eigenvalue weighted by Crippen LogP contribution is 2.47. The lowest BCUT2D eigenvalue weighted by molar-refractivity contribution is -0.156. The third-order valence-corrected chi connectivity index (χ3v) is 5.34. The molecule has 0 radical (unpaired) electrons. The monoisotopic (exact) mass is 355 g/mol. The number of benzene rings is 2. The molecule has 2 aliphatic rings. The van der Waals surface area contributed by atoms with Gasteiger partial charge in [0.25, 0.3) is 5.91 Å². The van der Waals surface area contributed by atoms with Gasteiger partial charge in [0.1, 0.15) is 0 Å². The average Bonchev–Trinajstić information content (AvgIpc) is 3.18. The largest absolute Gasteiger partial charge is 0.454 e. The summed E-state index contributed by atoms with van der Waals surface area (Å²) in [4.78, 5) is 28.5. The molecule has 0 unspecified atom stereocenters. The minimum absolute atomic E-state index is 0.272. The van der Waals surface area contributed by atoms with Crippen LogP contribution in [0, 0.1) is 0 Å². The number of nitrogens with zero attached hydrogens (tertiary/aromatic N) is 1. The minimum atomic E-state index is -0.538. The Bertz CT molecular complexity index is 771. The van der Waals surface area contributed by atoms with Gasteiger partial charge in [-0.1, -0.05) is 36.0 Å². The number of amides is 1. The molecule has 1 atom stereocenters. The van der Waals surface area contributed by atoms with Crippen LogP contribution in [0.4, 0.5) is 11.4 Å². The molecule has 25 heavy (non-hydrogen) atoms. The molecule has 1 saturated heterocycles. The summed E-state index contributed by atoms with van der Waals surface area (Å²) in [6.45, 7) is 0.268. The summed E-state index contributed by atoms with van der Waals surface area (Å²) in [5, 5.41) is 0. The van der Waals surface area contributed by atoms with Crippen molar-refractivity contribution in [2.75, 3.05) is 18.1 Å². The van der Waals surface area contributed by atoms with Crippen LogP contribution in [0.5, 0.6) is 0 Å². The van der Waals surface area contributed by atoms with Crippen molar-refractivity contribution in [2.24, 2.45) is 0 Å². The Balaban J connectivity index is 1.56. The number of ether oxygens (including phenoxy) is 2. The van der Waals surface area contributed by atoms with Gasteiger partial charge in [0.15, 0.2) is 12.7 Å². The van der Waals surface area contributed by atoms with Crippen LogP contribution in [0.15, 0.2) is 58.3 Å². The van der Waals surface area contributed by atoms with Gasteiger partial charge >= 0.3 is 5.97 Å². The molecule has 2 aromatic carbocycles. The number of hydrogen-bond acceptors (Lipinski definition) is 5. The van der Waals surface area contributed by atoms with Crippen molar-refractivity contribution in [3.05, 3.63) is 48.5 Å². The van der Waals surface area contributed by atoms with E-state index in [9.17, 15) is 9.59 Å². The van der Waals surface area contributed by atoms with Crippen LogP contribution in [0.1, 0.15) is 12.8 Å². The van der Waals surface area contributed by atoms with Gasteiger partial charge in [0, 0.05) is 16.4 Å². The van der Waals surface area contributed by atoms with Crippen LogP contribution in [0.3, 0.4) is 0 Å². The normalized spacial score (nSPS) is 18.4. The zero-order valence-corrected chi connectivity index (χ0v) is 14.3. The van der Waals surface area contributed by atoms with Gasteiger partial charge in [0.2, 0.25) is 0 Å². The molecular weight excluding hydrogens is 338 g/mol. The van der Waals surface area contributed by atoms with Crippen LogP contribution >= 0.6 is 11.8 Å². The molecule has 0 saturated carbocycles. The molecule has 0 aliphatic carbocycles. The molecule has 4 rings (SSSR count). The van der Waals surface area contributed by atoms with E-state index in [1.807, 2.05) is 48.5 Å². The van der Waals surface area contributed by atoms with Crippen molar-refractivity contribution in [3.63, 3.8) is 0 Å². The molecule has 128 valence electrons. The lowest BCUT2D eigenvalue weighted by atomic mass is 10.2. The van der Waals surface area contributed by atoms with Crippen molar-refractivity contribution in [1.29, 1.82) is 0 Å². The SMILES string of the molecule is O=C(OCC(=O)N1c2ccccc2Sc2ccccc21)[C@H]1CCCO1. The van der Waals surface area contributed by atoms with Gasteiger partial charge < -0.3 is 9.47 Å². The van der Waals surface area contributed by atoms with Gasteiger partial charge in [-0.3, -0.25) is 9.69 Å². The Labute approximate surface area is 149 Å². The van der Waals surface area contributed by atoms with E-state index in [1.165, 1.54) is 0 Å². The quantitative estimate of drug-likeness (QED) is 0.788. The fourth-order valence-electron chi connectivity index (χ4n) is 3.03. The second kappa shape index (κ2) is 6.90. The summed E-state index contributed by atoms with van der Waals surface area (Å²) in [7, 11) is 0. The number of carbonyl (C=O) groups excluding carboxylic acids is 2. The first-order chi connectivity index (χ1) is 12.2. The van der Waals surface area contributed by atoms with Gasteiger partial charge in [-0.05, 0) is 37.1 Å². The number of esters is 1. The molecular formula is C19H17NO4S. The Morgan fingerprint density at radius 2 is 1.72 bits per heavy atom. The molecule has 6 heteroatoms. The Kier molecular flexibility index (Phi) is 4.46. The van der Waals surface area contributed by atoms with E-state index in [2.05, 4.69) is 0 Å². The lowest BCUT2D eigenvalue weighted by Crippen LogP contribution is -2.34. The predicted octanol–water partition coefficient (Wildman–Crippen LogP) is 3.54. The molecule has 0 aromatic heterocycles. The molecule has 0 bridgehead atoms. The molecule has 0 N–H and O–H groups in total. The van der Waals surface area contributed by atoms with E-state index in [4.69, 9.17) is 9.47 Å². The topological polar surface area (TPSA) is 55.8 Å². The standard InChI is InChI=1S/C19H17NO4S/c21-18(12-24-19(22)15-8-5-11-23-15)20-13-6-1-3-9-16(13)25-17-10-4-2-7-14(17)20/h1-4,6-7,9-10,15H,5,8,11-12H2/t15-/m1/s1. The number of rotatable bonds is 3. The number of para-hydroxylation sites is 2. The Morgan fingerprint density at radius 1 is 1.08 bits per heavy atom. The van der Waals surface area contributed by atoms with E-state index >= 15 is 0 Å². The smallest absolute Gasteiger partial charge is 0.335 e. The molecule has 1 amide bonds. The third kappa shape index (κ3) is 3.15. The molecule has 2 aromatic rings. The van der Waals surface area contributed by atoms with E-state index < -0.39 is 12.1 Å². The molecule has 0 spiro atoms. The van der Waals surface area contributed by atoms with Gasteiger partial charge in [-0.15, -0.1) is 0 Å². The highest BCUT2D eigenvalue weighted by Gasteiger charge is 2.30. The molecule has 2 heterocycles. The summed E-state index contributed by atoms with van der Waals surface area (Å²) in [5.41, 5.74) is 1.62. The zero-order valence-electron chi connectivity index (χ0n) is 13.5. The minimum Gasteiger partial charge on any atom is -0.454 e. The van der Waals surface area contributed by atoms with Crippen LogP contribution in [-0.2, 0) is 19.1 Å². The lowest BCUT2D eigenvalue weighted by Gasteiger charge is -2.30. The maximum Gasteiger partial charge on any atom is 0.335 e. The second-order valence-corrected chi connectivity index (χ2v) is 6.96. The number of carbonyl (C=O) groups is 2. The van der Waals surface area contributed by atoms with E-state index in [-0.39, 0.29) is 12.5 Å². The third-order valence-electron chi connectivity index (χ3n) is 4.21. The fraction of sp³-hybridized carbons (Fsp3) is 0.263. The molecule has 2 aliphatic heterocycles. The predicted molar refractivity (Wildman–Crippen MR) is 94.1 cm³/mol. The number of hydrogen-bond donors (Lipinski definition) is 0. The summed E-state index contributed by atoms with van der Waals surface area (Å²) in [5.74, 6) is -0.731. The van der Waals surface area contributed by atoms with Gasteiger partial charge in [-0.2, -0.15) is 0 Å². The summed E-state index contributed by atoms with van der Waals surface area (Å²) in [6, 6.07) is 15.4. The zero-order chi connectivity index (χ0) is 17.2.